The highest BCUT2D eigenvalue weighted by molar-refractivity contribution is 5.44. The molecule has 6 atom stereocenters. The molecule has 5 aliphatic rings. The van der Waals surface area contributed by atoms with Gasteiger partial charge in [0.1, 0.15) is 0 Å². The van der Waals surface area contributed by atoms with Crippen LogP contribution in [-0.2, 0) is 16.0 Å². The first-order chi connectivity index (χ1) is 16.9. The molecule has 3 saturated carbocycles. The van der Waals surface area contributed by atoms with E-state index in [-0.39, 0.29) is 16.7 Å². The Labute approximate surface area is 216 Å². The number of nitrogens with two attached hydrogens (primary N) is 1. The highest BCUT2D eigenvalue weighted by Crippen LogP contribution is 2.67. The Morgan fingerprint density at radius 1 is 0.944 bits per heavy atom. The molecule has 4 N–H and O–H groups in total. The van der Waals surface area contributed by atoms with E-state index >= 15 is 0 Å². The topological polar surface area (TPSA) is 84.9 Å². The third-order valence-corrected chi connectivity index (χ3v) is 11.0. The van der Waals surface area contributed by atoms with Crippen molar-refractivity contribution >= 4 is 0 Å². The normalized spacial score (nSPS) is 43.1. The molecule has 1 heterocycles. The van der Waals surface area contributed by atoms with E-state index in [2.05, 4.69) is 52.0 Å². The fourth-order valence-corrected chi connectivity index (χ4v) is 8.66. The van der Waals surface area contributed by atoms with Gasteiger partial charge < -0.3 is 25.4 Å². The summed E-state index contributed by atoms with van der Waals surface area (Å²) in [7, 11) is 0. The minimum atomic E-state index is -0.879. The van der Waals surface area contributed by atoms with E-state index in [1.165, 1.54) is 16.7 Å². The summed E-state index contributed by atoms with van der Waals surface area (Å²) < 4.78 is 12.7. The summed E-state index contributed by atoms with van der Waals surface area (Å²) >= 11 is 0. The Morgan fingerprint density at radius 2 is 1.64 bits per heavy atom. The Morgan fingerprint density at radius 3 is 2.31 bits per heavy atom. The lowest BCUT2D eigenvalue weighted by Crippen LogP contribution is -2.58. The van der Waals surface area contributed by atoms with Crippen LogP contribution in [-0.4, -0.2) is 40.4 Å². The van der Waals surface area contributed by atoms with Gasteiger partial charge >= 0.3 is 0 Å². The molecule has 0 bridgehead atoms. The van der Waals surface area contributed by atoms with Crippen molar-refractivity contribution in [1.29, 1.82) is 0 Å². The van der Waals surface area contributed by atoms with Crippen LogP contribution in [0.5, 0.6) is 0 Å². The number of ether oxygens (including phenoxy) is 2. The molecule has 1 aliphatic heterocycles. The molecule has 5 unspecified atom stereocenters. The number of aliphatic hydroxyl groups is 2. The third-order valence-electron chi connectivity index (χ3n) is 11.0. The van der Waals surface area contributed by atoms with Gasteiger partial charge in [-0.2, -0.15) is 0 Å². The number of hydrogen-bond donors (Lipinski definition) is 3. The third kappa shape index (κ3) is 3.68. The molecular weight excluding hydrogens is 450 g/mol. The largest absolute Gasteiger partial charge is 0.390 e. The second-order valence-corrected chi connectivity index (χ2v) is 14.0. The summed E-state index contributed by atoms with van der Waals surface area (Å²) in [5.41, 5.74) is 9.38. The Bertz CT molecular complexity index is 1050. The zero-order valence-corrected chi connectivity index (χ0v) is 22.6. The van der Waals surface area contributed by atoms with Crippen LogP contribution in [0.2, 0.25) is 0 Å². The van der Waals surface area contributed by atoms with Gasteiger partial charge in [0.25, 0.3) is 0 Å². The van der Waals surface area contributed by atoms with E-state index in [1.807, 2.05) is 0 Å². The van der Waals surface area contributed by atoms with Gasteiger partial charge in [-0.3, -0.25) is 0 Å². The van der Waals surface area contributed by atoms with Gasteiger partial charge in [-0.15, -0.1) is 0 Å². The molecular formula is C31H45NO4. The highest BCUT2D eigenvalue weighted by atomic mass is 16.7. The molecule has 5 heteroatoms. The summed E-state index contributed by atoms with van der Waals surface area (Å²) in [5, 5.41) is 23.8. The lowest BCUT2D eigenvalue weighted by molar-refractivity contribution is -0.322. The molecule has 0 aromatic heterocycles. The summed E-state index contributed by atoms with van der Waals surface area (Å²) in [6.07, 6.45) is 6.71. The average molecular weight is 496 g/mol. The molecule has 1 spiro atoms. The van der Waals surface area contributed by atoms with Crippen LogP contribution in [0.4, 0.5) is 0 Å². The predicted octanol–water partition coefficient (Wildman–Crippen LogP) is 5.19. The molecule has 198 valence electrons. The minimum Gasteiger partial charge on any atom is -0.390 e. The van der Waals surface area contributed by atoms with Crippen molar-refractivity contribution in [3.63, 3.8) is 0 Å². The van der Waals surface area contributed by atoms with Crippen LogP contribution in [0.15, 0.2) is 35.4 Å². The maximum Gasteiger partial charge on any atom is 0.171 e. The average Bonchev–Trinajstić information content (AvgIpc) is 3.08. The summed E-state index contributed by atoms with van der Waals surface area (Å²) in [5.74, 6) is 0.404. The van der Waals surface area contributed by atoms with E-state index in [4.69, 9.17) is 15.2 Å². The predicted molar refractivity (Wildman–Crippen MR) is 140 cm³/mol. The van der Waals surface area contributed by atoms with E-state index in [0.717, 1.165) is 50.5 Å². The molecule has 6 rings (SSSR count). The maximum atomic E-state index is 12.2. The number of rotatable bonds is 2. The van der Waals surface area contributed by atoms with E-state index in [0.29, 0.717) is 38.0 Å². The Balaban J connectivity index is 1.42. The molecule has 1 aromatic carbocycles. The van der Waals surface area contributed by atoms with Crippen molar-refractivity contribution in [3.8, 4) is 0 Å². The van der Waals surface area contributed by atoms with Gasteiger partial charge in [0, 0.05) is 36.1 Å². The summed E-state index contributed by atoms with van der Waals surface area (Å²) in [4.78, 5) is 0. The minimum absolute atomic E-state index is 0.0122. The molecule has 0 amide bonds. The standard InChI is InChI=1S/C31H45NO4/c1-27(2)18-35-31(36-19-27)14-11-25-26-22(9-13-30(25,34)17-31)24-10-12-29(4,33)28(24,3)15-23(26)21-7-5-20(16-32)6-8-21/h5-8,22-24,33-34H,9-19,32H2,1-4H3/t22?,23-,24?,28?,29?,30?/m1/s1. The van der Waals surface area contributed by atoms with Gasteiger partial charge in [-0.1, -0.05) is 50.6 Å². The van der Waals surface area contributed by atoms with Gasteiger partial charge in [-0.25, -0.2) is 0 Å². The second-order valence-electron chi connectivity index (χ2n) is 14.0. The smallest absolute Gasteiger partial charge is 0.171 e. The van der Waals surface area contributed by atoms with Crippen molar-refractivity contribution in [3.05, 3.63) is 46.5 Å². The van der Waals surface area contributed by atoms with Crippen molar-refractivity contribution < 1.29 is 19.7 Å². The number of allylic oxidation sites excluding steroid dienone is 1. The molecule has 4 aliphatic carbocycles. The van der Waals surface area contributed by atoms with Crippen LogP contribution >= 0.6 is 0 Å². The Kier molecular flexibility index (Phi) is 5.66. The van der Waals surface area contributed by atoms with Gasteiger partial charge in [0.15, 0.2) is 5.79 Å². The fraction of sp³-hybridized carbons (Fsp3) is 0.742. The van der Waals surface area contributed by atoms with E-state index in [1.54, 1.807) is 0 Å². The van der Waals surface area contributed by atoms with Crippen LogP contribution < -0.4 is 5.73 Å². The highest BCUT2D eigenvalue weighted by Gasteiger charge is 2.63. The number of hydrogen-bond acceptors (Lipinski definition) is 5. The van der Waals surface area contributed by atoms with E-state index < -0.39 is 17.0 Å². The van der Waals surface area contributed by atoms with Crippen molar-refractivity contribution in [2.75, 3.05) is 13.2 Å². The molecule has 36 heavy (non-hydrogen) atoms. The zero-order chi connectivity index (χ0) is 25.6. The Hall–Kier alpha value is -1.24. The summed E-state index contributed by atoms with van der Waals surface area (Å²) in [6, 6.07) is 8.76. The van der Waals surface area contributed by atoms with Crippen molar-refractivity contribution in [1.82, 2.24) is 0 Å². The first-order valence-electron chi connectivity index (χ1n) is 14.2. The number of benzene rings is 1. The zero-order valence-electron chi connectivity index (χ0n) is 22.6. The maximum absolute atomic E-state index is 12.2. The first kappa shape index (κ1) is 25.1. The first-order valence-corrected chi connectivity index (χ1v) is 14.2. The van der Waals surface area contributed by atoms with Crippen molar-refractivity contribution in [2.24, 2.45) is 28.4 Å². The number of fused-ring (bicyclic) bond motifs is 4. The van der Waals surface area contributed by atoms with Crippen LogP contribution in [0, 0.1) is 22.7 Å². The van der Waals surface area contributed by atoms with Gasteiger partial charge in [0.2, 0.25) is 0 Å². The molecule has 0 radical (unpaired) electrons. The molecule has 1 aromatic rings. The van der Waals surface area contributed by atoms with Crippen LogP contribution in [0.1, 0.15) is 96.1 Å². The van der Waals surface area contributed by atoms with Gasteiger partial charge in [0.05, 0.1) is 24.4 Å². The molecule has 5 nitrogen and oxygen atoms in total. The van der Waals surface area contributed by atoms with Crippen molar-refractivity contribution in [2.45, 2.75) is 109 Å². The van der Waals surface area contributed by atoms with Crippen LogP contribution in [0.3, 0.4) is 0 Å². The lowest BCUT2D eigenvalue weighted by Gasteiger charge is -2.58. The lowest BCUT2D eigenvalue weighted by atomic mass is 9.50. The fourth-order valence-electron chi connectivity index (χ4n) is 8.66. The molecule has 1 saturated heterocycles. The van der Waals surface area contributed by atoms with E-state index in [9.17, 15) is 10.2 Å². The summed E-state index contributed by atoms with van der Waals surface area (Å²) in [6.45, 7) is 10.6. The van der Waals surface area contributed by atoms with Crippen LogP contribution in [0.25, 0.3) is 0 Å². The monoisotopic (exact) mass is 495 g/mol. The quantitative estimate of drug-likeness (QED) is 0.492. The van der Waals surface area contributed by atoms with Gasteiger partial charge in [-0.05, 0) is 74.0 Å². The SMILES string of the molecule is CC1(C)COC2(CCC3=C4C(CCC3(O)C2)C2CCC(C)(O)C2(C)C[C@@H]4c2ccc(CN)cc2)OC1. The molecule has 4 fully saturated rings. The second kappa shape index (κ2) is 8.13.